The Morgan fingerprint density at radius 1 is 1.19 bits per heavy atom. The molecule has 1 aliphatic heterocycles. The van der Waals surface area contributed by atoms with E-state index in [1.54, 1.807) is 0 Å². The van der Waals surface area contributed by atoms with Gasteiger partial charge in [-0.1, -0.05) is 36.8 Å². The number of benzene rings is 1. The van der Waals surface area contributed by atoms with Gasteiger partial charge in [0.25, 0.3) is 0 Å². The number of rotatable bonds is 7. The van der Waals surface area contributed by atoms with Gasteiger partial charge >= 0.3 is 0 Å². The first-order valence-electron chi connectivity index (χ1n) is 8.39. The molecule has 1 saturated heterocycles. The van der Waals surface area contributed by atoms with Gasteiger partial charge in [0.15, 0.2) is 0 Å². The molecule has 0 saturated carbocycles. The minimum atomic E-state index is 0.501. The molecule has 0 spiro atoms. The molecule has 1 N–H and O–H groups in total. The van der Waals surface area contributed by atoms with Crippen molar-refractivity contribution in [3.8, 4) is 0 Å². The number of hydrogen-bond donors (Lipinski definition) is 1. The number of hydrogen-bond acceptors (Lipinski definition) is 3. The van der Waals surface area contributed by atoms with Gasteiger partial charge in [-0.05, 0) is 57.1 Å². The van der Waals surface area contributed by atoms with E-state index in [1.807, 2.05) is 0 Å². The molecule has 3 heteroatoms. The second kappa shape index (κ2) is 9.50. The first-order chi connectivity index (χ1) is 10.3. The fraction of sp³-hybridized carbons (Fsp3) is 0.667. The minimum absolute atomic E-state index is 0.501. The maximum Gasteiger partial charge on any atom is 0.0332 e. The van der Waals surface area contributed by atoms with E-state index in [1.165, 1.54) is 61.5 Å². The first-order valence-corrected chi connectivity index (χ1v) is 9.55. The van der Waals surface area contributed by atoms with Crippen LogP contribution in [0.15, 0.2) is 24.3 Å². The maximum absolute atomic E-state index is 3.73. The Balaban J connectivity index is 1.90. The molecular weight excluding hydrogens is 276 g/mol. The van der Waals surface area contributed by atoms with E-state index >= 15 is 0 Å². The van der Waals surface area contributed by atoms with Crippen LogP contribution >= 0.6 is 11.8 Å². The van der Waals surface area contributed by atoms with Crippen LogP contribution in [0.3, 0.4) is 0 Å². The molecule has 118 valence electrons. The Bertz CT molecular complexity index is 383. The summed E-state index contributed by atoms with van der Waals surface area (Å²) in [5.74, 6) is 2.64. The Morgan fingerprint density at radius 2 is 2.00 bits per heavy atom. The van der Waals surface area contributed by atoms with Crippen molar-refractivity contribution in [3.05, 3.63) is 35.4 Å². The number of aryl methyl sites for hydroxylation is 1. The lowest BCUT2D eigenvalue weighted by molar-refractivity contribution is 0.275. The molecule has 0 amide bonds. The Kier molecular flexibility index (Phi) is 7.62. The largest absolute Gasteiger partial charge is 0.310 e. The summed E-state index contributed by atoms with van der Waals surface area (Å²) >= 11 is 2.11. The van der Waals surface area contributed by atoms with Gasteiger partial charge in [0, 0.05) is 18.3 Å². The molecule has 21 heavy (non-hydrogen) atoms. The highest BCUT2D eigenvalue weighted by Crippen LogP contribution is 2.19. The summed E-state index contributed by atoms with van der Waals surface area (Å²) in [5.41, 5.74) is 2.79. The van der Waals surface area contributed by atoms with Crippen LogP contribution < -0.4 is 5.32 Å². The topological polar surface area (TPSA) is 15.3 Å². The molecule has 0 aromatic heterocycles. The number of nitrogens with zero attached hydrogens (tertiary/aromatic N) is 1. The van der Waals surface area contributed by atoms with Gasteiger partial charge in [-0.2, -0.15) is 11.8 Å². The Hall–Kier alpha value is -0.510. The SMILES string of the molecule is CCCNC(CCN1CCCSCC1)c1ccc(C)cc1. The van der Waals surface area contributed by atoms with Crippen LogP contribution in [0.1, 0.15) is 43.4 Å². The quantitative estimate of drug-likeness (QED) is 0.823. The normalized spacial score (nSPS) is 18.4. The molecule has 2 rings (SSSR count). The van der Waals surface area contributed by atoms with E-state index in [4.69, 9.17) is 0 Å². The van der Waals surface area contributed by atoms with Gasteiger partial charge in [-0.25, -0.2) is 0 Å². The predicted molar refractivity (Wildman–Crippen MR) is 95.2 cm³/mol. The van der Waals surface area contributed by atoms with E-state index in [2.05, 4.69) is 60.1 Å². The molecule has 1 unspecified atom stereocenters. The second-order valence-corrected chi connectivity index (χ2v) is 7.24. The molecule has 0 radical (unpaired) electrons. The molecule has 2 nitrogen and oxygen atoms in total. The van der Waals surface area contributed by atoms with Crippen LogP contribution in [0.5, 0.6) is 0 Å². The molecular formula is C18H30N2S. The number of nitrogens with one attached hydrogen (secondary N) is 1. The predicted octanol–water partition coefficient (Wildman–Crippen LogP) is 3.86. The van der Waals surface area contributed by atoms with Gasteiger partial charge in [0.1, 0.15) is 0 Å². The summed E-state index contributed by atoms with van der Waals surface area (Å²) in [6.45, 7) is 9.27. The average molecular weight is 307 g/mol. The van der Waals surface area contributed by atoms with Crippen LogP contribution in [0, 0.1) is 6.92 Å². The number of thioether (sulfide) groups is 1. The van der Waals surface area contributed by atoms with Crippen LogP contribution in [0.4, 0.5) is 0 Å². The third kappa shape index (κ3) is 6.01. The van der Waals surface area contributed by atoms with Crippen molar-refractivity contribution in [2.24, 2.45) is 0 Å². The lowest BCUT2D eigenvalue weighted by Gasteiger charge is -2.24. The molecule has 1 atom stereocenters. The monoisotopic (exact) mass is 306 g/mol. The summed E-state index contributed by atoms with van der Waals surface area (Å²) in [5, 5.41) is 3.73. The van der Waals surface area contributed by atoms with Crippen molar-refractivity contribution in [1.29, 1.82) is 0 Å². The molecule has 1 aromatic carbocycles. The fourth-order valence-corrected chi connectivity index (χ4v) is 3.76. The van der Waals surface area contributed by atoms with E-state index in [-0.39, 0.29) is 0 Å². The van der Waals surface area contributed by atoms with E-state index in [0.29, 0.717) is 6.04 Å². The van der Waals surface area contributed by atoms with Crippen LogP contribution in [0.25, 0.3) is 0 Å². The summed E-state index contributed by atoms with van der Waals surface area (Å²) in [6.07, 6.45) is 3.76. The highest BCUT2D eigenvalue weighted by molar-refractivity contribution is 7.99. The first kappa shape index (κ1) is 16.9. The van der Waals surface area contributed by atoms with Gasteiger partial charge < -0.3 is 10.2 Å². The summed E-state index contributed by atoms with van der Waals surface area (Å²) < 4.78 is 0. The zero-order valence-electron chi connectivity index (χ0n) is 13.6. The third-order valence-corrected chi connectivity index (χ3v) is 5.22. The summed E-state index contributed by atoms with van der Waals surface area (Å²) in [4.78, 5) is 2.65. The maximum atomic E-state index is 3.73. The van der Waals surface area contributed by atoms with Crippen molar-refractivity contribution < 1.29 is 0 Å². The minimum Gasteiger partial charge on any atom is -0.310 e. The van der Waals surface area contributed by atoms with Crippen molar-refractivity contribution in [1.82, 2.24) is 10.2 Å². The summed E-state index contributed by atoms with van der Waals surface area (Å²) in [6, 6.07) is 9.56. The van der Waals surface area contributed by atoms with Gasteiger partial charge in [0.2, 0.25) is 0 Å². The van der Waals surface area contributed by atoms with Crippen molar-refractivity contribution in [2.75, 3.05) is 37.7 Å². The summed E-state index contributed by atoms with van der Waals surface area (Å²) in [7, 11) is 0. The Labute approximate surface area is 134 Å². The third-order valence-electron chi connectivity index (χ3n) is 4.17. The highest BCUT2D eigenvalue weighted by Gasteiger charge is 2.14. The van der Waals surface area contributed by atoms with Crippen LogP contribution in [0.2, 0.25) is 0 Å². The molecule has 0 bridgehead atoms. The second-order valence-electron chi connectivity index (χ2n) is 6.01. The zero-order chi connectivity index (χ0) is 14.9. The van der Waals surface area contributed by atoms with Crippen LogP contribution in [-0.2, 0) is 0 Å². The van der Waals surface area contributed by atoms with Gasteiger partial charge in [0.05, 0.1) is 0 Å². The molecule has 1 heterocycles. The van der Waals surface area contributed by atoms with Gasteiger partial charge in [-0.15, -0.1) is 0 Å². The van der Waals surface area contributed by atoms with E-state index in [0.717, 1.165) is 6.54 Å². The highest BCUT2D eigenvalue weighted by atomic mass is 32.2. The molecule has 1 aromatic rings. The molecule has 1 aliphatic rings. The Morgan fingerprint density at radius 3 is 2.76 bits per heavy atom. The lowest BCUT2D eigenvalue weighted by atomic mass is 10.0. The average Bonchev–Trinajstić information content (AvgIpc) is 2.77. The van der Waals surface area contributed by atoms with Crippen molar-refractivity contribution >= 4 is 11.8 Å². The zero-order valence-corrected chi connectivity index (χ0v) is 14.4. The lowest BCUT2D eigenvalue weighted by Crippen LogP contribution is -2.31. The molecule has 1 fully saturated rings. The molecule has 0 aliphatic carbocycles. The fourth-order valence-electron chi connectivity index (χ4n) is 2.84. The van der Waals surface area contributed by atoms with E-state index < -0.39 is 0 Å². The standard InChI is InChI=1S/C18H30N2S/c1-3-10-19-18(17-7-5-16(2)6-8-17)9-12-20-11-4-14-21-15-13-20/h5-8,18-19H,3-4,9-15H2,1-2H3. The van der Waals surface area contributed by atoms with Gasteiger partial charge in [-0.3, -0.25) is 0 Å². The van der Waals surface area contributed by atoms with Crippen LogP contribution in [-0.4, -0.2) is 42.6 Å². The van der Waals surface area contributed by atoms with E-state index in [9.17, 15) is 0 Å². The van der Waals surface area contributed by atoms with Crippen molar-refractivity contribution in [3.63, 3.8) is 0 Å². The van der Waals surface area contributed by atoms with Crippen molar-refractivity contribution in [2.45, 2.75) is 39.2 Å². The smallest absolute Gasteiger partial charge is 0.0332 e.